The maximum absolute atomic E-state index is 13.7. The number of rotatable bonds is 6. The molecular formula is C15H20F2N2O3. The zero-order valence-electron chi connectivity index (χ0n) is 12.2. The van der Waals surface area contributed by atoms with Gasteiger partial charge in [-0.25, -0.2) is 8.78 Å². The van der Waals surface area contributed by atoms with Crippen LogP contribution in [0.15, 0.2) is 18.2 Å². The number of hydrogen-bond donors (Lipinski definition) is 3. The van der Waals surface area contributed by atoms with Gasteiger partial charge in [-0.15, -0.1) is 0 Å². The number of carbonyl (C=O) groups is 1. The van der Waals surface area contributed by atoms with Gasteiger partial charge < -0.3 is 20.4 Å². The highest BCUT2D eigenvalue weighted by Crippen LogP contribution is 2.24. The lowest BCUT2D eigenvalue weighted by atomic mass is 9.91. The SMILES string of the molecule is O=C1N(Cc2cccc(F)c2F)CCC[C@]1(O)CNCCO. The average Bonchev–Trinajstić information content (AvgIpc) is 2.49. The van der Waals surface area contributed by atoms with Crippen LogP contribution in [0.3, 0.4) is 0 Å². The molecule has 1 saturated heterocycles. The van der Waals surface area contributed by atoms with Crippen molar-refractivity contribution in [3.05, 3.63) is 35.4 Å². The van der Waals surface area contributed by atoms with Crippen LogP contribution < -0.4 is 5.32 Å². The Bertz CT molecular complexity index is 542. The lowest BCUT2D eigenvalue weighted by Gasteiger charge is -2.38. The number of piperidine rings is 1. The maximum Gasteiger partial charge on any atom is 0.256 e. The van der Waals surface area contributed by atoms with E-state index in [4.69, 9.17) is 5.11 Å². The van der Waals surface area contributed by atoms with Gasteiger partial charge in [0.2, 0.25) is 0 Å². The summed E-state index contributed by atoms with van der Waals surface area (Å²) in [4.78, 5) is 13.7. The molecule has 0 saturated carbocycles. The van der Waals surface area contributed by atoms with Gasteiger partial charge in [-0.3, -0.25) is 4.79 Å². The van der Waals surface area contributed by atoms with E-state index in [-0.39, 0.29) is 31.8 Å². The number of aliphatic hydroxyl groups is 2. The number of nitrogens with zero attached hydrogens (tertiary/aromatic N) is 1. The van der Waals surface area contributed by atoms with E-state index in [1.165, 1.54) is 17.0 Å². The number of nitrogens with one attached hydrogen (secondary N) is 1. The van der Waals surface area contributed by atoms with Crippen molar-refractivity contribution in [2.45, 2.75) is 25.0 Å². The largest absolute Gasteiger partial charge is 0.395 e. The van der Waals surface area contributed by atoms with Crippen LogP contribution in [0.1, 0.15) is 18.4 Å². The molecule has 3 N–H and O–H groups in total. The highest BCUT2D eigenvalue weighted by Gasteiger charge is 2.41. The van der Waals surface area contributed by atoms with Crippen molar-refractivity contribution in [2.24, 2.45) is 0 Å². The topological polar surface area (TPSA) is 72.8 Å². The van der Waals surface area contributed by atoms with Crippen molar-refractivity contribution in [1.82, 2.24) is 10.2 Å². The lowest BCUT2D eigenvalue weighted by molar-refractivity contribution is -0.157. The van der Waals surface area contributed by atoms with E-state index in [1.807, 2.05) is 0 Å². The molecule has 1 atom stereocenters. The molecule has 0 radical (unpaired) electrons. The van der Waals surface area contributed by atoms with Gasteiger partial charge in [0, 0.05) is 31.7 Å². The number of amides is 1. The lowest BCUT2D eigenvalue weighted by Crippen LogP contribution is -2.57. The first-order valence-corrected chi connectivity index (χ1v) is 7.24. The summed E-state index contributed by atoms with van der Waals surface area (Å²) >= 11 is 0. The van der Waals surface area contributed by atoms with Crippen molar-refractivity contribution < 1.29 is 23.8 Å². The monoisotopic (exact) mass is 314 g/mol. The van der Waals surface area contributed by atoms with Crippen LogP contribution in [0, 0.1) is 11.6 Å². The van der Waals surface area contributed by atoms with Gasteiger partial charge >= 0.3 is 0 Å². The van der Waals surface area contributed by atoms with Gasteiger partial charge in [-0.2, -0.15) is 0 Å². The third-order valence-electron chi connectivity index (χ3n) is 3.80. The predicted molar refractivity (Wildman–Crippen MR) is 75.9 cm³/mol. The van der Waals surface area contributed by atoms with Crippen LogP contribution in [0.5, 0.6) is 0 Å². The highest BCUT2D eigenvalue weighted by molar-refractivity contribution is 5.86. The van der Waals surface area contributed by atoms with E-state index in [1.54, 1.807) is 0 Å². The van der Waals surface area contributed by atoms with Gasteiger partial charge in [0.15, 0.2) is 17.2 Å². The quantitative estimate of drug-likeness (QED) is 0.665. The third-order valence-corrected chi connectivity index (χ3v) is 3.80. The zero-order chi connectivity index (χ0) is 16.2. The molecule has 1 aliphatic rings. The summed E-state index contributed by atoms with van der Waals surface area (Å²) in [6, 6.07) is 3.83. The second-order valence-electron chi connectivity index (χ2n) is 5.48. The normalized spacial score (nSPS) is 22.2. The molecule has 2 rings (SSSR count). The number of aliphatic hydroxyl groups excluding tert-OH is 1. The number of benzene rings is 1. The third kappa shape index (κ3) is 3.60. The Kier molecular flexibility index (Phi) is 5.44. The Hall–Kier alpha value is -1.57. The molecule has 122 valence electrons. The molecule has 0 bridgehead atoms. The summed E-state index contributed by atoms with van der Waals surface area (Å²) in [5.74, 6) is -2.43. The summed E-state index contributed by atoms with van der Waals surface area (Å²) < 4.78 is 26.9. The van der Waals surface area contributed by atoms with Crippen LogP contribution in [-0.4, -0.2) is 52.9 Å². The van der Waals surface area contributed by atoms with Gasteiger partial charge in [0.1, 0.15) is 0 Å². The molecule has 0 aromatic heterocycles. The molecule has 1 heterocycles. The van der Waals surface area contributed by atoms with Crippen molar-refractivity contribution in [3.63, 3.8) is 0 Å². The molecule has 0 aliphatic carbocycles. The summed E-state index contributed by atoms with van der Waals surface area (Å²) in [6.07, 6.45) is 0.867. The summed E-state index contributed by atoms with van der Waals surface area (Å²) in [6.45, 7) is 0.507. The minimum Gasteiger partial charge on any atom is -0.395 e. The van der Waals surface area contributed by atoms with Crippen LogP contribution in [-0.2, 0) is 11.3 Å². The molecule has 5 nitrogen and oxygen atoms in total. The fraction of sp³-hybridized carbons (Fsp3) is 0.533. The molecule has 0 unspecified atom stereocenters. The molecule has 22 heavy (non-hydrogen) atoms. The molecule has 1 aliphatic heterocycles. The van der Waals surface area contributed by atoms with Crippen molar-refractivity contribution in [1.29, 1.82) is 0 Å². The van der Waals surface area contributed by atoms with E-state index in [2.05, 4.69) is 5.32 Å². The Morgan fingerprint density at radius 3 is 2.86 bits per heavy atom. The van der Waals surface area contributed by atoms with Gasteiger partial charge in [-0.1, -0.05) is 12.1 Å². The Morgan fingerprint density at radius 2 is 2.14 bits per heavy atom. The molecule has 7 heteroatoms. The highest BCUT2D eigenvalue weighted by atomic mass is 19.2. The second kappa shape index (κ2) is 7.13. The number of halogens is 2. The van der Waals surface area contributed by atoms with E-state index in [0.29, 0.717) is 19.4 Å². The van der Waals surface area contributed by atoms with Crippen LogP contribution in [0.2, 0.25) is 0 Å². The maximum atomic E-state index is 13.7. The van der Waals surface area contributed by atoms with Crippen molar-refractivity contribution in [2.75, 3.05) is 26.2 Å². The smallest absolute Gasteiger partial charge is 0.256 e. The Balaban J connectivity index is 2.08. The van der Waals surface area contributed by atoms with Crippen LogP contribution in [0.25, 0.3) is 0 Å². The van der Waals surface area contributed by atoms with Crippen LogP contribution >= 0.6 is 0 Å². The number of likely N-dealkylation sites (tertiary alicyclic amines) is 1. The molecule has 1 fully saturated rings. The number of hydrogen-bond acceptors (Lipinski definition) is 4. The molecule has 1 aromatic rings. The zero-order valence-corrected chi connectivity index (χ0v) is 12.2. The van der Waals surface area contributed by atoms with E-state index in [0.717, 1.165) is 6.07 Å². The summed E-state index contributed by atoms with van der Waals surface area (Å²) in [5, 5.41) is 22.0. The number of carbonyl (C=O) groups excluding carboxylic acids is 1. The first-order chi connectivity index (χ1) is 10.5. The minimum atomic E-state index is -1.57. The van der Waals surface area contributed by atoms with E-state index >= 15 is 0 Å². The first-order valence-electron chi connectivity index (χ1n) is 7.24. The van der Waals surface area contributed by atoms with Gasteiger partial charge in [0.05, 0.1) is 6.61 Å². The second-order valence-corrected chi connectivity index (χ2v) is 5.48. The first kappa shape index (κ1) is 16.8. The van der Waals surface area contributed by atoms with Crippen molar-refractivity contribution >= 4 is 5.91 Å². The summed E-state index contributed by atoms with van der Waals surface area (Å²) in [7, 11) is 0. The van der Waals surface area contributed by atoms with Crippen molar-refractivity contribution in [3.8, 4) is 0 Å². The molecule has 1 aromatic carbocycles. The predicted octanol–water partition coefficient (Wildman–Crippen LogP) is 0.400. The molecule has 1 amide bonds. The molecular weight excluding hydrogens is 294 g/mol. The van der Waals surface area contributed by atoms with E-state index in [9.17, 15) is 18.7 Å². The van der Waals surface area contributed by atoms with Crippen LogP contribution in [0.4, 0.5) is 8.78 Å². The van der Waals surface area contributed by atoms with Gasteiger partial charge in [-0.05, 0) is 18.9 Å². The fourth-order valence-electron chi connectivity index (χ4n) is 2.63. The molecule has 0 spiro atoms. The summed E-state index contributed by atoms with van der Waals surface area (Å²) in [5.41, 5.74) is -1.49. The fourth-order valence-corrected chi connectivity index (χ4v) is 2.63. The minimum absolute atomic E-state index is 0.0223. The Labute approximate surface area is 127 Å². The standard InChI is InChI=1S/C15H20F2N2O3/c16-12-4-1-3-11(13(12)17)9-19-7-2-5-15(22,14(19)21)10-18-6-8-20/h1,3-4,18,20,22H,2,5-10H2/t15-/m0/s1. The van der Waals surface area contributed by atoms with E-state index < -0.39 is 23.1 Å². The van der Waals surface area contributed by atoms with Gasteiger partial charge in [0.25, 0.3) is 5.91 Å². The average molecular weight is 314 g/mol. The Morgan fingerprint density at radius 1 is 1.36 bits per heavy atom.